The Morgan fingerprint density at radius 1 is 0.962 bits per heavy atom. The maximum Gasteiger partial charge on any atom is 0.331 e. The van der Waals surface area contributed by atoms with Gasteiger partial charge in [0.1, 0.15) is 18.0 Å². The molecule has 0 amide bonds. The van der Waals surface area contributed by atoms with Crippen LogP contribution in [0.3, 0.4) is 0 Å². The van der Waals surface area contributed by atoms with Crippen molar-refractivity contribution in [3.8, 4) is 5.75 Å². The Kier molecular flexibility index (Phi) is 7.02. The molecule has 0 saturated heterocycles. The summed E-state index contributed by atoms with van der Waals surface area (Å²) in [7, 11) is 0. The van der Waals surface area contributed by atoms with Crippen LogP contribution in [0.1, 0.15) is 50.8 Å². The molecule has 3 nitrogen and oxygen atoms in total. The van der Waals surface area contributed by atoms with Gasteiger partial charge in [-0.05, 0) is 62.1 Å². The summed E-state index contributed by atoms with van der Waals surface area (Å²) in [6.45, 7) is 8.25. The van der Waals surface area contributed by atoms with Gasteiger partial charge in [-0.15, -0.1) is 0 Å². The summed E-state index contributed by atoms with van der Waals surface area (Å²) in [5, 5.41) is 0. The number of ether oxygens (including phenoxy) is 2. The molecule has 0 aliphatic rings. The van der Waals surface area contributed by atoms with Crippen LogP contribution in [0, 0.1) is 0 Å². The quantitative estimate of drug-likeness (QED) is 0.482. The van der Waals surface area contributed by atoms with Crippen LogP contribution in [0.15, 0.2) is 54.6 Å². The number of benzene rings is 2. The predicted octanol–water partition coefficient (Wildman–Crippen LogP) is 5.57. The minimum absolute atomic E-state index is 0.337. The Labute approximate surface area is 156 Å². The molecule has 0 aromatic heterocycles. The van der Waals surface area contributed by atoms with Crippen molar-refractivity contribution in [2.45, 2.75) is 52.7 Å². The summed E-state index contributed by atoms with van der Waals surface area (Å²) in [4.78, 5) is 11.7. The highest BCUT2D eigenvalue weighted by Crippen LogP contribution is 2.16. The van der Waals surface area contributed by atoms with E-state index in [4.69, 9.17) is 9.47 Å². The van der Waals surface area contributed by atoms with Crippen molar-refractivity contribution in [2.75, 3.05) is 0 Å². The third-order valence-electron chi connectivity index (χ3n) is 3.67. The Morgan fingerprint density at radius 2 is 1.58 bits per heavy atom. The number of hydrogen-bond donors (Lipinski definition) is 0. The second-order valence-electron chi connectivity index (χ2n) is 7.29. The minimum atomic E-state index is -0.475. The molecule has 26 heavy (non-hydrogen) atoms. The summed E-state index contributed by atoms with van der Waals surface area (Å²) < 4.78 is 11.1. The lowest BCUT2D eigenvalue weighted by molar-refractivity contribution is -0.148. The fourth-order valence-corrected chi connectivity index (χ4v) is 2.43. The molecule has 0 atom stereocenters. The number of carbonyl (C=O) groups is 1. The molecule has 138 valence electrons. The van der Waals surface area contributed by atoms with Gasteiger partial charge in [0.15, 0.2) is 0 Å². The van der Waals surface area contributed by atoms with Crippen LogP contribution in [-0.2, 0) is 22.6 Å². The topological polar surface area (TPSA) is 35.5 Å². The Bertz CT molecular complexity index is 720. The van der Waals surface area contributed by atoms with E-state index in [-0.39, 0.29) is 5.97 Å². The first kappa shape index (κ1) is 19.8. The number of rotatable bonds is 7. The smallest absolute Gasteiger partial charge is 0.331 e. The highest BCUT2D eigenvalue weighted by molar-refractivity contribution is 5.87. The van der Waals surface area contributed by atoms with Gasteiger partial charge in [-0.2, -0.15) is 0 Å². The van der Waals surface area contributed by atoms with Crippen molar-refractivity contribution >= 4 is 12.0 Å². The van der Waals surface area contributed by atoms with E-state index in [2.05, 4.69) is 19.1 Å². The van der Waals surface area contributed by atoms with Gasteiger partial charge in [-0.25, -0.2) is 4.79 Å². The molecule has 0 unspecified atom stereocenters. The molecule has 0 heterocycles. The zero-order valence-electron chi connectivity index (χ0n) is 16.1. The molecular formula is C23H28O3. The highest BCUT2D eigenvalue weighted by Gasteiger charge is 2.13. The molecule has 0 saturated carbocycles. The Hall–Kier alpha value is -2.55. The lowest BCUT2D eigenvalue weighted by Crippen LogP contribution is -2.22. The summed E-state index contributed by atoms with van der Waals surface area (Å²) in [5.74, 6) is 0.537. The lowest BCUT2D eigenvalue weighted by atomic mass is 10.1. The molecule has 0 radical (unpaired) electrons. The van der Waals surface area contributed by atoms with E-state index < -0.39 is 5.60 Å². The van der Waals surface area contributed by atoms with E-state index in [1.54, 1.807) is 6.08 Å². The lowest BCUT2D eigenvalue weighted by Gasteiger charge is -2.17. The molecule has 0 aliphatic carbocycles. The third kappa shape index (κ3) is 7.14. The van der Waals surface area contributed by atoms with Crippen molar-refractivity contribution in [1.82, 2.24) is 0 Å². The van der Waals surface area contributed by atoms with Gasteiger partial charge in [0, 0.05) is 6.08 Å². The zero-order chi connectivity index (χ0) is 19.0. The average molecular weight is 352 g/mol. The van der Waals surface area contributed by atoms with Gasteiger partial charge in [0.05, 0.1) is 0 Å². The second kappa shape index (κ2) is 9.23. The Balaban J connectivity index is 1.86. The van der Waals surface area contributed by atoms with Crippen LogP contribution in [0.25, 0.3) is 6.08 Å². The summed E-state index contributed by atoms with van der Waals surface area (Å²) in [6.07, 6.45) is 5.45. The molecule has 0 spiro atoms. The van der Waals surface area contributed by atoms with Crippen LogP contribution in [0.4, 0.5) is 0 Å². The monoisotopic (exact) mass is 352 g/mol. The number of esters is 1. The molecule has 2 rings (SSSR count). The molecule has 3 heteroatoms. The minimum Gasteiger partial charge on any atom is -0.489 e. The van der Waals surface area contributed by atoms with Gasteiger partial charge in [-0.3, -0.25) is 0 Å². The molecule has 2 aromatic carbocycles. The van der Waals surface area contributed by atoms with Crippen LogP contribution in [-0.4, -0.2) is 11.6 Å². The molecule has 0 fully saturated rings. The van der Waals surface area contributed by atoms with Crippen LogP contribution < -0.4 is 4.74 Å². The van der Waals surface area contributed by atoms with Crippen LogP contribution >= 0.6 is 0 Å². The molecule has 0 N–H and O–H groups in total. The first-order valence-electron chi connectivity index (χ1n) is 9.07. The van der Waals surface area contributed by atoms with E-state index in [1.165, 1.54) is 11.6 Å². The van der Waals surface area contributed by atoms with Gasteiger partial charge < -0.3 is 9.47 Å². The summed E-state index contributed by atoms with van der Waals surface area (Å²) >= 11 is 0. The number of aryl methyl sites for hydroxylation is 1. The van der Waals surface area contributed by atoms with Gasteiger partial charge in [-0.1, -0.05) is 49.7 Å². The Morgan fingerprint density at radius 3 is 2.15 bits per heavy atom. The third-order valence-corrected chi connectivity index (χ3v) is 3.67. The van der Waals surface area contributed by atoms with Gasteiger partial charge in [0.2, 0.25) is 0 Å². The molecule has 0 aliphatic heterocycles. The normalized spacial score (nSPS) is 11.5. The van der Waals surface area contributed by atoms with Gasteiger partial charge in [0.25, 0.3) is 0 Å². The van der Waals surface area contributed by atoms with E-state index in [1.807, 2.05) is 57.2 Å². The van der Waals surface area contributed by atoms with Gasteiger partial charge >= 0.3 is 5.97 Å². The molecule has 0 bridgehead atoms. The van der Waals surface area contributed by atoms with E-state index >= 15 is 0 Å². The van der Waals surface area contributed by atoms with Crippen molar-refractivity contribution in [2.24, 2.45) is 0 Å². The van der Waals surface area contributed by atoms with E-state index in [0.717, 1.165) is 29.7 Å². The SMILES string of the molecule is CCCc1ccc(OCc2ccc(C=CC(=O)OC(C)(C)C)cc2)cc1. The van der Waals surface area contributed by atoms with Crippen LogP contribution in [0.5, 0.6) is 5.75 Å². The molecular weight excluding hydrogens is 324 g/mol. The standard InChI is InChI=1S/C23H28O3/c1-5-6-18-11-14-21(15-12-18)25-17-20-9-7-19(8-10-20)13-16-22(24)26-23(2,3)4/h7-16H,5-6,17H2,1-4H3. The number of hydrogen-bond acceptors (Lipinski definition) is 3. The molecule has 2 aromatic rings. The first-order chi connectivity index (χ1) is 12.4. The zero-order valence-corrected chi connectivity index (χ0v) is 16.1. The summed E-state index contributed by atoms with van der Waals surface area (Å²) in [6, 6.07) is 16.2. The van der Waals surface area contributed by atoms with Crippen LogP contribution in [0.2, 0.25) is 0 Å². The maximum absolute atomic E-state index is 11.7. The van der Waals surface area contributed by atoms with E-state index in [0.29, 0.717) is 6.61 Å². The van der Waals surface area contributed by atoms with E-state index in [9.17, 15) is 4.79 Å². The maximum atomic E-state index is 11.7. The first-order valence-corrected chi connectivity index (χ1v) is 9.07. The largest absolute Gasteiger partial charge is 0.489 e. The predicted molar refractivity (Wildman–Crippen MR) is 106 cm³/mol. The van der Waals surface area contributed by atoms with Crippen molar-refractivity contribution < 1.29 is 14.3 Å². The van der Waals surface area contributed by atoms with Crippen molar-refractivity contribution in [1.29, 1.82) is 0 Å². The average Bonchev–Trinajstić information content (AvgIpc) is 2.59. The fraction of sp³-hybridized carbons (Fsp3) is 0.348. The summed E-state index contributed by atoms with van der Waals surface area (Å²) in [5.41, 5.74) is 2.89. The van der Waals surface area contributed by atoms with Crippen molar-refractivity contribution in [3.05, 3.63) is 71.3 Å². The second-order valence-corrected chi connectivity index (χ2v) is 7.29. The fourth-order valence-electron chi connectivity index (χ4n) is 2.43. The van der Waals surface area contributed by atoms with Crippen molar-refractivity contribution in [3.63, 3.8) is 0 Å². The number of carbonyl (C=O) groups excluding carboxylic acids is 1. The highest BCUT2D eigenvalue weighted by atomic mass is 16.6.